The maximum absolute atomic E-state index is 10.5. The van der Waals surface area contributed by atoms with Gasteiger partial charge in [-0.15, -0.1) is 11.6 Å². The summed E-state index contributed by atoms with van der Waals surface area (Å²) in [6, 6.07) is -0.700. The number of carbonyl (C=O) groups is 1. The van der Waals surface area contributed by atoms with Gasteiger partial charge in [-0.2, -0.15) is 0 Å². The molecule has 0 saturated heterocycles. The monoisotopic (exact) mass is 191 g/mol. The van der Waals surface area contributed by atoms with Crippen LogP contribution in [-0.4, -0.2) is 22.5 Å². The molecule has 3 N–H and O–H groups in total. The highest BCUT2D eigenvalue weighted by Crippen LogP contribution is 2.29. The minimum absolute atomic E-state index is 0.123. The minimum Gasteiger partial charge on any atom is -0.480 e. The van der Waals surface area contributed by atoms with Crippen LogP contribution in [0.15, 0.2) is 0 Å². The molecule has 1 unspecified atom stereocenters. The number of hydrogen-bond acceptors (Lipinski definition) is 2. The van der Waals surface area contributed by atoms with Crippen LogP contribution in [0.2, 0.25) is 0 Å². The highest BCUT2D eigenvalue weighted by Gasteiger charge is 2.28. The second-order valence-electron chi connectivity index (χ2n) is 3.38. The Kier molecular flexibility index (Phi) is 3.35. The van der Waals surface area contributed by atoms with Gasteiger partial charge in [0.15, 0.2) is 0 Å². The summed E-state index contributed by atoms with van der Waals surface area (Å²) in [7, 11) is 0. The number of alkyl halides is 1. The lowest BCUT2D eigenvalue weighted by atomic mass is 9.84. The van der Waals surface area contributed by atoms with Crippen LogP contribution < -0.4 is 5.73 Å². The minimum atomic E-state index is -0.895. The van der Waals surface area contributed by atoms with Crippen LogP contribution >= 0.6 is 11.6 Å². The molecule has 0 bridgehead atoms. The van der Waals surface area contributed by atoms with Crippen molar-refractivity contribution in [2.24, 2.45) is 11.7 Å². The van der Waals surface area contributed by atoms with Crippen molar-refractivity contribution in [2.75, 3.05) is 0 Å². The fourth-order valence-electron chi connectivity index (χ4n) is 1.64. The Morgan fingerprint density at radius 3 is 2.33 bits per heavy atom. The van der Waals surface area contributed by atoms with E-state index in [4.69, 9.17) is 22.4 Å². The van der Waals surface area contributed by atoms with Crippen molar-refractivity contribution >= 4 is 17.6 Å². The van der Waals surface area contributed by atoms with Crippen LogP contribution in [0, 0.1) is 5.92 Å². The molecule has 1 rings (SSSR count). The maximum atomic E-state index is 10.5. The molecule has 1 atom stereocenters. The van der Waals surface area contributed by atoms with Crippen molar-refractivity contribution in [3.8, 4) is 0 Å². The van der Waals surface area contributed by atoms with E-state index in [1.165, 1.54) is 0 Å². The zero-order valence-corrected chi connectivity index (χ0v) is 7.63. The SMILES string of the molecule is NC(C(=O)O)C1CCC(Cl)CC1. The summed E-state index contributed by atoms with van der Waals surface area (Å²) in [5.74, 6) is -0.773. The van der Waals surface area contributed by atoms with Crippen molar-refractivity contribution < 1.29 is 9.90 Å². The van der Waals surface area contributed by atoms with Crippen LogP contribution in [0.5, 0.6) is 0 Å². The van der Waals surface area contributed by atoms with E-state index in [0.717, 1.165) is 25.7 Å². The molecule has 1 saturated carbocycles. The Hall–Kier alpha value is -0.280. The van der Waals surface area contributed by atoms with Crippen molar-refractivity contribution in [3.05, 3.63) is 0 Å². The predicted octanol–water partition coefficient (Wildman–Crippen LogP) is 1.20. The molecule has 1 aliphatic rings. The summed E-state index contributed by atoms with van der Waals surface area (Å²) in [5, 5.41) is 8.87. The zero-order chi connectivity index (χ0) is 9.14. The second-order valence-corrected chi connectivity index (χ2v) is 3.99. The first-order chi connectivity index (χ1) is 5.61. The summed E-state index contributed by atoms with van der Waals surface area (Å²) in [5.41, 5.74) is 5.49. The van der Waals surface area contributed by atoms with Gasteiger partial charge in [0, 0.05) is 5.38 Å². The van der Waals surface area contributed by atoms with E-state index in [1.807, 2.05) is 0 Å². The van der Waals surface area contributed by atoms with E-state index >= 15 is 0 Å². The number of nitrogens with two attached hydrogens (primary N) is 1. The van der Waals surface area contributed by atoms with Gasteiger partial charge in [-0.1, -0.05) is 0 Å². The van der Waals surface area contributed by atoms with Crippen molar-refractivity contribution in [1.82, 2.24) is 0 Å². The van der Waals surface area contributed by atoms with Crippen molar-refractivity contribution in [2.45, 2.75) is 37.1 Å². The van der Waals surface area contributed by atoms with Gasteiger partial charge in [0.2, 0.25) is 0 Å². The molecule has 0 aromatic carbocycles. The number of halogens is 1. The molecular weight excluding hydrogens is 178 g/mol. The largest absolute Gasteiger partial charge is 0.480 e. The lowest BCUT2D eigenvalue weighted by Crippen LogP contribution is -2.39. The highest BCUT2D eigenvalue weighted by atomic mass is 35.5. The summed E-state index contributed by atoms with van der Waals surface area (Å²) in [4.78, 5) is 10.5. The predicted molar refractivity (Wildman–Crippen MR) is 47.2 cm³/mol. The Morgan fingerprint density at radius 1 is 1.42 bits per heavy atom. The summed E-state index contributed by atoms with van der Waals surface area (Å²) in [6.07, 6.45) is 3.49. The van der Waals surface area contributed by atoms with Crippen molar-refractivity contribution in [1.29, 1.82) is 0 Å². The molecule has 0 amide bonds. The van der Waals surface area contributed by atoms with E-state index < -0.39 is 12.0 Å². The molecule has 3 nitrogen and oxygen atoms in total. The van der Waals surface area contributed by atoms with Gasteiger partial charge in [-0.25, -0.2) is 0 Å². The van der Waals surface area contributed by atoms with E-state index in [2.05, 4.69) is 0 Å². The summed E-state index contributed by atoms with van der Waals surface area (Å²) in [6.45, 7) is 0. The maximum Gasteiger partial charge on any atom is 0.320 e. The molecule has 0 aliphatic heterocycles. The van der Waals surface area contributed by atoms with Crippen molar-refractivity contribution in [3.63, 3.8) is 0 Å². The molecule has 0 aromatic heterocycles. The number of aliphatic carboxylic acids is 1. The summed E-state index contributed by atoms with van der Waals surface area (Å²) >= 11 is 5.88. The fourth-order valence-corrected chi connectivity index (χ4v) is 1.89. The molecular formula is C8H14ClNO2. The van der Waals surface area contributed by atoms with Gasteiger partial charge in [0.05, 0.1) is 0 Å². The second kappa shape index (κ2) is 4.10. The molecule has 70 valence electrons. The fraction of sp³-hybridized carbons (Fsp3) is 0.875. The molecule has 1 fully saturated rings. The van der Waals surface area contributed by atoms with Crippen LogP contribution in [0.3, 0.4) is 0 Å². The van der Waals surface area contributed by atoms with Gasteiger partial charge < -0.3 is 10.8 Å². The van der Waals surface area contributed by atoms with Crippen LogP contribution in [-0.2, 0) is 4.79 Å². The molecule has 0 heterocycles. The lowest BCUT2D eigenvalue weighted by molar-refractivity contribution is -0.140. The molecule has 4 heteroatoms. The van der Waals surface area contributed by atoms with Gasteiger partial charge in [0.25, 0.3) is 0 Å². The Bertz CT molecular complexity index is 166. The average molecular weight is 192 g/mol. The molecule has 0 radical (unpaired) electrons. The summed E-state index contributed by atoms with van der Waals surface area (Å²) < 4.78 is 0. The number of rotatable bonds is 2. The van der Waals surface area contributed by atoms with Gasteiger partial charge in [0.1, 0.15) is 6.04 Å². The van der Waals surface area contributed by atoms with E-state index in [0.29, 0.717) is 0 Å². The average Bonchev–Trinajstić information content (AvgIpc) is 2.04. The van der Waals surface area contributed by atoms with E-state index in [1.54, 1.807) is 0 Å². The number of carboxylic acids is 1. The molecule has 12 heavy (non-hydrogen) atoms. The van der Waals surface area contributed by atoms with Gasteiger partial charge in [-0.05, 0) is 31.6 Å². The Balaban J connectivity index is 2.39. The van der Waals surface area contributed by atoms with Crippen LogP contribution in [0.4, 0.5) is 0 Å². The zero-order valence-electron chi connectivity index (χ0n) is 6.87. The first-order valence-corrected chi connectivity index (χ1v) is 4.67. The Morgan fingerprint density at radius 2 is 1.92 bits per heavy atom. The third-order valence-electron chi connectivity index (χ3n) is 2.49. The third-order valence-corrected chi connectivity index (χ3v) is 2.93. The number of carboxylic acid groups (broad SMARTS) is 1. The smallest absolute Gasteiger partial charge is 0.320 e. The van der Waals surface area contributed by atoms with E-state index in [-0.39, 0.29) is 11.3 Å². The topological polar surface area (TPSA) is 63.3 Å². The highest BCUT2D eigenvalue weighted by molar-refractivity contribution is 6.20. The number of hydrogen-bond donors (Lipinski definition) is 2. The van der Waals surface area contributed by atoms with Crippen LogP contribution in [0.25, 0.3) is 0 Å². The van der Waals surface area contributed by atoms with Gasteiger partial charge >= 0.3 is 5.97 Å². The first kappa shape index (κ1) is 9.81. The normalized spacial score (nSPS) is 32.8. The third kappa shape index (κ3) is 2.35. The van der Waals surface area contributed by atoms with Gasteiger partial charge in [-0.3, -0.25) is 4.79 Å². The Labute approximate surface area is 76.9 Å². The molecule has 0 aromatic rings. The lowest BCUT2D eigenvalue weighted by Gasteiger charge is -2.27. The molecule has 0 spiro atoms. The first-order valence-electron chi connectivity index (χ1n) is 4.23. The van der Waals surface area contributed by atoms with Crippen LogP contribution in [0.1, 0.15) is 25.7 Å². The molecule has 1 aliphatic carbocycles. The van der Waals surface area contributed by atoms with E-state index in [9.17, 15) is 4.79 Å². The quantitative estimate of drug-likeness (QED) is 0.645. The standard InChI is InChI=1S/C8H14ClNO2/c9-6-3-1-5(2-4-6)7(10)8(11)12/h5-7H,1-4,10H2,(H,11,12).